The summed E-state index contributed by atoms with van der Waals surface area (Å²) >= 11 is 2.16. The highest BCUT2D eigenvalue weighted by Gasteiger charge is 2.28. The van der Waals surface area contributed by atoms with E-state index in [4.69, 9.17) is 0 Å². The molecule has 0 atom stereocenters. The SMILES string of the molecule is O=C1C(c2cccc(I)c2)=CC(=O)c2c(O)cccc21. The van der Waals surface area contributed by atoms with E-state index in [1.807, 2.05) is 18.2 Å². The van der Waals surface area contributed by atoms with Crippen LogP contribution < -0.4 is 0 Å². The minimum atomic E-state index is -0.341. The number of rotatable bonds is 1. The number of phenolic OH excluding ortho intramolecular Hbond substituents is 1. The third-order valence-corrected chi connectivity index (χ3v) is 3.86. The summed E-state index contributed by atoms with van der Waals surface area (Å²) in [5.74, 6) is -0.733. The van der Waals surface area contributed by atoms with E-state index in [9.17, 15) is 14.7 Å². The molecule has 2 aromatic rings. The Bertz CT molecular complexity index is 775. The molecule has 98 valence electrons. The van der Waals surface area contributed by atoms with Crippen LogP contribution in [0, 0.1) is 3.57 Å². The van der Waals surface area contributed by atoms with Gasteiger partial charge in [-0.2, -0.15) is 0 Å². The van der Waals surface area contributed by atoms with Gasteiger partial charge in [-0.3, -0.25) is 9.59 Å². The number of phenols is 1. The van der Waals surface area contributed by atoms with Gasteiger partial charge >= 0.3 is 0 Å². The average molecular weight is 376 g/mol. The van der Waals surface area contributed by atoms with Gasteiger partial charge in [0.05, 0.1) is 5.56 Å². The van der Waals surface area contributed by atoms with Gasteiger partial charge in [-0.05, 0) is 52.4 Å². The van der Waals surface area contributed by atoms with Crippen molar-refractivity contribution in [2.45, 2.75) is 0 Å². The number of hydrogen-bond acceptors (Lipinski definition) is 3. The molecule has 3 nitrogen and oxygen atoms in total. The lowest BCUT2D eigenvalue weighted by Gasteiger charge is -2.16. The van der Waals surface area contributed by atoms with Crippen LogP contribution in [0.3, 0.4) is 0 Å². The van der Waals surface area contributed by atoms with Crippen molar-refractivity contribution in [3.05, 3.63) is 68.8 Å². The largest absolute Gasteiger partial charge is 0.507 e. The number of Topliss-reactive ketones (excluding diaryl/α,β-unsaturated/α-hetero) is 1. The Hall–Kier alpha value is -1.95. The first-order valence-electron chi connectivity index (χ1n) is 5.96. The molecule has 0 aliphatic heterocycles. The van der Waals surface area contributed by atoms with Gasteiger partial charge in [-0.25, -0.2) is 0 Å². The van der Waals surface area contributed by atoms with Crippen LogP contribution >= 0.6 is 22.6 Å². The van der Waals surface area contributed by atoms with Crippen molar-refractivity contribution in [2.75, 3.05) is 0 Å². The second-order valence-corrected chi connectivity index (χ2v) is 5.71. The molecule has 0 unspecified atom stereocenters. The summed E-state index contributed by atoms with van der Waals surface area (Å²) in [7, 11) is 0. The Morgan fingerprint density at radius 3 is 2.50 bits per heavy atom. The Labute approximate surface area is 129 Å². The Balaban J connectivity index is 2.18. The number of hydrogen-bond donors (Lipinski definition) is 1. The fourth-order valence-electron chi connectivity index (χ4n) is 2.27. The van der Waals surface area contributed by atoms with Gasteiger partial charge in [0.1, 0.15) is 5.75 Å². The quantitative estimate of drug-likeness (QED) is 0.776. The topological polar surface area (TPSA) is 54.4 Å². The van der Waals surface area contributed by atoms with Crippen molar-refractivity contribution < 1.29 is 14.7 Å². The molecule has 0 heterocycles. The van der Waals surface area contributed by atoms with Gasteiger partial charge in [0.15, 0.2) is 11.6 Å². The highest BCUT2D eigenvalue weighted by atomic mass is 127. The van der Waals surface area contributed by atoms with E-state index in [1.54, 1.807) is 18.2 Å². The minimum Gasteiger partial charge on any atom is -0.507 e. The van der Waals surface area contributed by atoms with E-state index in [-0.39, 0.29) is 28.4 Å². The molecule has 0 bridgehead atoms. The zero-order valence-corrected chi connectivity index (χ0v) is 12.4. The smallest absolute Gasteiger partial charge is 0.194 e. The standard InChI is InChI=1S/C16H9IO3/c17-10-4-1-3-9(7-10)12-8-14(19)15-11(16(12)20)5-2-6-13(15)18/h1-8,18H. The third kappa shape index (κ3) is 2.06. The number of fused-ring (bicyclic) bond motifs is 1. The lowest BCUT2D eigenvalue weighted by atomic mass is 9.86. The van der Waals surface area contributed by atoms with Gasteiger partial charge in [-0.1, -0.05) is 24.3 Å². The van der Waals surface area contributed by atoms with Crippen LogP contribution in [0.5, 0.6) is 5.75 Å². The molecular weight excluding hydrogens is 367 g/mol. The van der Waals surface area contributed by atoms with E-state index >= 15 is 0 Å². The molecule has 1 aliphatic rings. The number of carbonyl (C=O) groups excluding carboxylic acids is 2. The second kappa shape index (κ2) is 4.86. The van der Waals surface area contributed by atoms with E-state index in [0.29, 0.717) is 11.1 Å². The fourth-order valence-corrected chi connectivity index (χ4v) is 2.82. The maximum atomic E-state index is 12.5. The third-order valence-electron chi connectivity index (χ3n) is 3.19. The number of ketones is 2. The maximum absolute atomic E-state index is 12.5. The van der Waals surface area contributed by atoms with Crippen molar-refractivity contribution >= 4 is 39.7 Å². The zero-order valence-electron chi connectivity index (χ0n) is 10.3. The molecule has 0 saturated carbocycles. The number of benzene rings is 2. The summed E-state index contributed by atoms with van der Waals surface area (Å²) in [5, 5.41) is 9.74. The van der Waals surface area contributed by atoms with Crippen molar-refractivity contribution in [1.29, 1.82) is 0 Å². The van der Waals surface area contributed by atoms with Crippen LogP contribution in [0.25, 0.3) is 5.57 Å². The predicted molar refractivity (Wildman–Crippen MR) is 83.9 cm³/mol. The molecule has 2 aromatic carbocycles. The monoisotopic (exact) mass is 376 g/mol. The highest BCUT2D eigenvalue weighted by molar-refractivity contribution is 14.1. The number of carbonyl (C=O) groups is 2. The number of allylic oxidation sites excluding steroid dienone is 2. The molecule has 3 rings (SSSR count). The predicted octanol–water partition coefficient (Wildman–Crippen LogP) is 3.46. The first kappa shape index (κ1) is 13.1. The van der Waals surface area contributed by atoms with Crippen LogP contribution in [-0.4, -0.2) is 16.7 Å². The van der Waals surface area contributed by atoms with Crippen molar-refractivity contribution in [2.24, 2.45) is 0 Å². The van der Waals surface area contributed by atoms with E-state index < -0.39 is 0 Å². The Morgan fingerprint density at radius 2 is 1.75 bits per heavy atom. The van der Waals surface area contributed by atoms with Crippen LogP contribution in [0.15, 0.2) is 48.5 Å². The number of halogens is 1. The summed E-state index contributed by atoms with van der Waals surface area (Å²) in [6, 6.07) is 12.0. The molecule has 0 aromatic heterocycles. The van der Waals surface area contributed by atoms with Gasteiger partial charge in [0.25, 0.3) is 0 Å². The summed E-state index contributed by atoms with van der Waals surface area (Å²) in [6.45, 7) is 0. The molecule has 20 heavy (non-hydrogen) atoms. The molecule has 0 amide bonds. The van der Waals surface area contributed by atoms with Crippen molar-refractivity contribution in [1.82, 2.24) is 0 Å². The first-order chi connectivity index (χ1) is 9.58. The maximum Gasteiger partial charge on any atom is 0.194 e. The molecule has 1 aliphatic carbocycles. The molecule has 0 saturated heterocycles. The van der Waals surface area contributed by atoms with Gasteiger partial charge in [0, 0.05) is 14.7 Å². The molecule has 1 N–H and O–H groups in total. The minimum absolute atomic E-state index is 0.0897. The molecule has 0 fully saturated rings. The van der Waals surface area contributed by atoms with Crippen LogP contribution in [0.4, 0.5) is 0 Å². The summed E-state index contributed by atoms with van der Waals surface area (Å²) in [5.41, 5.74) is 1.43. The van der Waals surface area contributed by atoms with E-state index in [0.717, 1.165) is 3.57 Å². The van der Waals surface area contributed by atoms with E-state index in [1.165, 1.54) is 12.1 Å². The molecule has 0 spiro atoms. The normalized spacial score (nSPS) is 13.9. The van der Waals surface area contributed by atoms with Gasteiger partial charge in [-0.15, -0.1) is 0 Å². The van der Waals surface area contributed by atoms with Gasteiger partial charge < -0.3 is 5.11 Å². The molecule has 0 radical (unpaired) electrons. The zero-order chi connectivity index (χ0) is 14.3. The first-order valence-corrected chi connectivity index (χ1v) is 7.04. The Morgan fingerprint density at radius 1 is 1.00 bits per heavy atom. The van der Waals surface area contributed by atoms with Gasteiger partial charge in [0.2, 0.25) is 0 Å². The van der Waals surface area contributed by atoms with Crippen LogP contribution in [-0.2, 0) is 0 Å². The fraction of sp³-hybridized carbons (Fsp3) is 0. The molecule has 4 heteroatoms. The summed E-state index contributed by atoms with van der Waals surface area (Å²) in [6.07, 6.45) is 1.30. The molecular formula is C16H9IO3. The lowest BCUT2D eigenvalue weighted by molar-refractivity contribution is 0.0999. The summed E-state index contributed by atoms with van der Waals surface area (Å²) in [4.78, 5) is 24.6. The average Bonchev–Trinajstić information content (AvgIpc) is 2.42. The lowest BCUT2D eigenvalue weighted by Crippen LogP contribution is -2.16. The number of aromatic hydroxyl groups is 1. The van der Waals surface area contributed by atoms with Crippen molar-refractivity contribution in [3.63, 3.8) is 0 Å². The second-order valence-electron chi connectivity index (χ2n) is 4.46. The summed E-state index contributed by atoms with van der Waals surface area (Å²) < 4.78 is 0.989. The highest BCUT2D eigenvalue weighted by Crippen LogP contribution is 2.32. The van der Waals surface area contributed by atoms with E-state index in [2.05, 4.69) is 22.6 Å². The van der Waals surface area contributed by atoms with Crippen LogP contribution in [0.1, 0.15) is 26.3 Å². The van der Waals surface area contributed by atoms with Crippen molar-refractivity contribution in [3.8, 4) is 5.75 Å². The Kier molecular flexibility index (Phi) is 3.17. The van der Waals surface area contributed by atoms with Crippen LogP contribution in [0.2, 0.25) is 0 Å².